The molecule has 1 fully saturated rings. The lowest BCUT2D eigenvalue weighted by atomic mass is 10.1. The average Bonchev–Trinajstić information content (AvgIpc) is 2.60. The Labute approximate surface area is 143 Å². The maximum Gasteiger partial charge on any atom is 0.266 e. The van der Waals surface area contributed by atoms with Crippen molar-refractivity contribution in [2.45, 2.75) is 19.4 Å². The number of benzene rings is 1. The van der Waals surface area contributed by atoms with E-state index in [4.69, 9.17) is 0 Å². The number of carbonyl (C=O) groups is 2. The number of nitrogens with one attached hydrogen (secondary N) is 2. The Hall–Kier alpha value is -3.16. The number of hydrogen-bond acceptors (Lipinski definition) is 4. The van der Waals surface area contributed by atoms with Crippen molar-refractivity contribution in [3.05, 3.63) is 62.7 Å². The third kappa shape index (κ3) is 3.52. The minimum absolute atomic E-state index is 0.0595. The number of anilines is 1. The fourth-order valence-electron chi connectivity index (χ4n) is 2.90. The third-order valence-corrected chi connectivity index (χ3v) is 4.21. The molecule has 1 unspecified atom stereocenters. The highest BCUT2D eigenvalue weighted by Gasteiger charge is 2.33. The molecule has 1 aliphatic rings. The van der Waals surface area contributed by atoms with E-state index in [0.29, 0.717) is 6.54 Å². The molecule has 8 heteroatoms. The van der Waals surface area contributed by atoms with Gasteiger partial charge in [0.05, 0.1) is 6.42 Å². The lowest BCUT2D eigenvalue weighted by Crippen LogP contribution is -2.57. The minimum atomic E-state index is -0.519. The zero-order valence-corrected chi connectivity index (χ0v) is 13.7. The number of H-pyrrole nitrogens is 2. The molecule has 0 bridgehead atoms. The number of aromatic nitrogens is 2. The second-order valence-electron chi connectivity index (χ2n) is 6.00. The van der Waals surface area contributed by atoms with Crippen LogP contribution in [0.25, 0.3) is 0 Å². The minimum Gasteiger partial charge on any atom is -0.329 e. The van der Waals surface area contributed by atoms with Gasteiger partial charge in [0.25, 0.3) is 11.1 Å². The summed E-state index contributed by atoms with van der Waals surface area (Å²) >= 11 is 0. The largest absolute Gasteiger partial charge is 0.329 e. The maximum atomic E-state index is 12.5. The van der Waals surface area contributed by atoms with Gasteiger partial charge in [0.15, 0.2) is 0 Å². The smallest absolute Gasteiger partial charge is 0.266 e. The first-order valence-electron chi connectivity index (χ1n) is 7.91. The molecule has 0 radical (unpaired) electrons. The standard InChI is InChI=1S/C17H18N4O4/c1-11-9-21(13-5-3-2-4-6-13)16(24)10-20(11)15(23)8-12-7-14(22)18-19-17(12)25/h2-7,11H,8-10H2,1H3,(H,18,22)(H,19,25). The Morgan fingerprint density at radius 3 is 2.60 bits per heavy atom. The lowest BCUT2D eigenvalue weighted by molar-refractivity contribution is -0.138. The van der Waals surface area contributed by atoms with Crippen LogP contribution in [0, 0.1) is 0 Å². The van der Waals surface area contributed by atoms with Crippen LogP contribution in [0.2, 0.25) is 0 Å². The highest BCUT2D eigenvalue weighted by atomic mass is 16.2. The summed E-state index contributed by atoms with van der Waals surface area (Å²) in [5.41, 5.74) is -0.133. The highest BCUT2D eigenvalue weighted by molar-refractivity contribution is 5.98. The summed E-state index contributed by atoms with van der Waals surface area (Å²) < 4.78 is 0. The summed E-state index contributed by atoms with van der Waals surface area (Å²) in [6, 6.07) is 10.2. The van der Waals surface area contributed by atoms with Gasteiger partial charge in [-0.15, -0.1) is 0 Å². The molecule has 8 nitrogen and oxygen atoms in total. The summed E-state index contributed by atoms with van der Waals surface area (Å²) in [5, 5.41) is 4.34. The monoisotopic (exact) mass is 342 g/mol. The van der Waals surface area contributed by atoms with E-state index < -0.39 is 11.1 Å². The van der Waals surface area contributed by atoms with Gasteiger partial charge in [-0.1, -0.05) is 18.2 Å². The predicted molar refractivity (Wildman–Crippen MR) is 91.4 cm³/mol. The topological polar surface area (TPSA) is 106 Å². The number of amides is 2. The van der Waals surface area contributed by atoms with Crippen LogP contribution in [0.3, 0.4) is 0 Å². The second kappa shape index (κ2) is 6.76. The summed E-state index contributed by atoms with van der Waals surface area (Å²) in [7, 11) is 0. The maximum absolute atomic E-state index is 12.5. The van der Waals surface area contributed by atoms with E-state index in [1.165, 1.54) is 4.90 Å². The molecule has 2 N–H and O–H groups in total. The molecular formula is C17H18N4O4. The quantitative estimate of drug-likeness (QED) is 0.810. The Balaban J connectivity index is 1.75. The van der Waals surface area contributed by atoms with Crippen molar-refractivity contribution in [2.24, 2.45) is 0 Å². The molecule has 2 aromatic rings. The molecular weight excluding hydrogens is 324 g/mol. The SMILES string of the molecule is CC1CN(c2ccccc2)C(=O)CN1C(=O)Cc1cc(=O)[nH][nH]c1=O. The van der Waals surface area contributed by atoms with Crippen molar-refractivity contribution < 1.29 is 9.59 Å². The first kappa shape index (κ1) is 16.7. The van der Waals surface area contributed by atoms with Crippen LogP contribution in [-0.2, 0) is 16.0 Å². The number of piperazine rings is 1. The van der Waals surface area contributed by atoms with Crippen LogP contribution < -0.4 is 16.0 Å². The van der Waals surface area contributed by atoms with Crippen LogP contribution in [0.1, 0.15) is 12.5 Å². The van der Waals surface area contributed by atoms with E-state index in [1.807, 2.05) is 37.3 Å². The van der Waals surface area contributed by atoms with E-state index in [-0.39, 0.29) is 36.4 Å². The molecule has 1 aromatic heterocycles. The Morgan fingerprint density at radius 1 is 1.16 bits per heavy atom. The third-order valence-electron chi connectivity index (χ3n) is 4.21. The first-order valence-corrected chi connectivity index (χ1v) is 7.91. The number of carbonyl (C=O) groups excluding carboxylic acids is 2. The number of hydrogen-bond donors (Lipinski definition) is 2. The molecule has 0 aliphatic carbocycles. The van der Waals surface area contributed by atoms with E-state index in [0.717, 1.165) is 11.8 Å². The number of aromatic amines is 2. The van der Waals surface area contributed by atoms with Crippen molar-refractivity contribution in [3.8, 4) is 0 Å². The van der Waals surface area contributed by atoms with E-state index in [1.54, 1.807) is 4.90 Å². The van der Waals surface area contributed by atoms with Crippen LogP contribution >= 0.6 is 0 Å². The molecule has 2 amide bonds. The summed E-state index contributed by atoms with van der Waals surface area (Å²) in [6.07, 6.45) is -0.220. The van der Waals surface area contributed by atoms with Gasteiger partial charge < -0.3 is 9.80 Å². The van der Waals surface area contributed by atoms with Gasteiger partial charge in [-0.05, 0) is 19.1 Å². The zero-order chi connectivity index (χ0) is 18.0. The molecule has 1 aromatic carbocycles. The van der Waals surface area contributed by atoms with Gasteiger partial charge in [0.2, 0.25) is 11.8 Å². The fourth-order valence-corrected chi connectivity index (χ4v) is 2.90. The molecule has 1 aliphatic heterocycles. The molecule has 130 valence electrons. The van der Waals surface area contributed by atoms with E-state index in [2.05, 4.69) is 10.2 Å². The average molecular weight is 342 g/mol. The van der Waals surface area contributed by atoms with Gasteiger partial charge in [-0.2, -0.15) is 0 Å². The van der Waals surface area contributed by atoms with Crippen molar-refractivity contribution >= 4 is 17.5 Å². The van der Waals surface area contributed by atoms with Crippen LogP contribution in [0.4, 0.5) is 5.69 Å². The van der Waals surface area contributed by atoms with Crippen molar-refractivity contribution in [1.29, 1.82) is 0 Å². The number of para-hydroxylation sites is 1. The summed E-state index contributed by atoms with van der Waals surface area (Å²) in [4.78, 5) is 51.1. The van der Waals surface area contributed by atoms with E-state index in [9.17, 15) is 19.2 Å². The summed E-state index contributed by atoms with van der Waals surface area (Å²) in [5.74, 6) is -0.540. The molecule has 25 heavy (non-hydrogen) atoms. The lowest BCUT2D eigenvalue weighted by Gasteiger charge is -2.39. The Bertz CT molecular complexity index is 903. The van der Waals surface area contributed by atoms with Crippen molar-refractivity contribution in [3.63, 3.8) is 0 Å². The van der Waals surface area contributed by atoms with Crippen LogP contribution in [0.15, 0.2) is 46.0 Å². The number of nitrogens with zero attached hydrogens (tertiary/aromatic N) is 2. The van der Waals surface area contributed by atoms with Gasteiger partial charge in [-0.3, -0.25) is 29.4 Å². The van der Waals surface area contributed by atoms with E-state index >= 15 is 0 Å². The molecule has 2 heterocycles. The fraction of sp³-hybridized carbons (Fsp3) is 0.294. The highest BCUT2D eigenvalue weighted by Crippen LogP contribution is 2.20. The second-order valence-corrected chi connectivity index (χ2v) is 6.00. The molecule has 3 rings (SSSR count). The summed E-state index contributed by atoms with van der Waals surface area (Å²) in [6.45, 7) is 2.17. The van der Waals surface area contributed by atoms with Crippen LogP contribution in [0.5, 0.6) is 0 Å². The zero-order valence-electron chi connectivity index (χ0n) is 13.7. The Kier molecular flexibility index (Phi) is 4.51. The Morgan fingerprint density at radius 2 is 1.88 bits per heavy atom. The molecule has 0 spiro atoms. The van der Waals surface area contributed by atoms with Gasteiger partial charge >= 0.3 is 0 Å². The predicted octanol–water partition coefficient (Wildman–Crippen LogP) is -0.130. The molecule has 1 atom stereocenters. The van der Waals surface area contributed by atoms with Gasteiger partial charge in [0, 0.05) is 29.9 Å². The van der Waals surface area contributed by atoms with Crippen LogP contribution in [-0.4, -0.2) is 46.0 Å². The van der Waals surface area contributed by atoms with Gasteiger partial charge in [0.1, 0.15) is 6.54 Å². The van der Waals surface area contributed by atoms with Crippen molar-refractivity contribution in [2.75, 3.05) is 18.0 Å². The van der Waals surface area contributed by atoms with Gasteiger partial charge in [-0.25, -0.2) is 0 Å². The number of rotatable bonds is 3. The molecule has 0 saturated carbocycles. The first-order chi connectivity index (χ1) is 12.0. The molecule has 1 saturated heterocycles. The van der Waals surface area contributed by atoms with Crippen molar-refractivity contribution in [1.82, 2.24) is 15.1 Å². The normalized spacial score (nSPS) is 17.6.